The van der Waals surface area contributed by atoms with Crippen molar-refractivity contribution >= 4 is 22.8 Å². The molecule has 0 aliphatic heterocycles. The number of aryl methyl sites for hydroxylation is 1. The lowest BCUT2D eigenvalue weighted by molar-refractivity contribution is -0.139. The van der Waals surface area contributed by atoms with Crippen molar-refractivity contribution in [3.63, 3.8) is 0 Å². The van der Waals surface area contributed by atoms with Crippen LogP contribution < -0.4 is 4.74 Å². The average Bonchev–Trinajstić information content (AvgIpc) is 3.41. The highest BCUT2D eigenvalue weighted by Crippen LogP contribution is 2.28. The van der Waals surface area contributed by atoms with E-state index in [9.17, 15) is 4.79 Å². The van der Waals surface area contributed by atoms with Crippen LogP contribution in [0.25, 0.3) is 33.6 Å². The van der Waals surface area contributed by atoms with Gasteiger partial charge in [-0.25, -0.2) is 4.68 Å². The maximum absolute atomic E-state index is 12.0. The summed E-state index contributed by atoms with van der Waals surface area (Å²) in [6.07, 6.45) is 1.73. The van der Waals surface area contributed by atoms with Gasteiger partial charge in [0.15, 0.2) is 16.8 Å². The van der Waals surface area contributed by atoms with Gasteiger partial charge in [-0.3, -0.25) is 4.79 Å². The number of methoxy groups -OCH3 is 2. The summed E-state index contributed by atoms with van der Waals surface area (Å²) in [6.45, 7) is 2.02. The molecule has 0 saturated carbocycles. The number of ether oxygens (including phenoxy) is 2. The minimum atomic E-state index is -0.401. The molecule has 0 radical (unpaired) electrons. The van der Waals surface area contributed by atoms with Gasteiger partial charge in [-0.1, -0.05) is 29.8 Å². The number of carbonyl (C=O) groups is 1. The van der Waals surface area contributed by atoms with Crippen LogP contribution in [-0.4, -0.2) is 49.8 Å². The lowest BCUT2D eigenvalue weighted by Gasteiger charge is -2.05. The van der Waals surface area contributed by atoms with E-state index in [1.165, 1.54) is 7.11 Å². The molecule has 32 heavy (non-hydrogen) atoms. The van der Waals surface area contributed by atoms with Gasteiger partial charge in [0, 0.05) is 5.56 Å². The predicted molar refractivity (Wildman–Crippen MR) is 118 cm³/mol. The van der Waals surface area contributed by atoms with Crippen LogP contribution in [0.2, 0.25) is 0 Å². The number of rotatable bonds is 5. The van der Waals surface area contributed by atoms with E-state index >= 15 is 0 Å². The second kappa shape index (κ2) is 7.77. The summed E-state index contributed by atoms with van der Waals surface area (Å²) in [4.78, 5) is 12.0. The molecule has 0 N–H and O–H groups in total. The first-order valence-corrected chi connectivity index (χ1v) is 9.99. The van der Waals surface area contributed by atoms with Crippen LogP contribution in [0.3, 0.4) is 0 Å². The summed E-state index contributed by atoms with van der Waals surface area (Å²) in [6, 6.07) is 15.6. The largest absolute Gasteiger partial charge is 0.497 e. The zero-order valence-corrected chi connectivity index (χ0v) is 17.8. The van der Waals surface area contributed by atoms with Crippen molar-refractivity contribution in [2.24, 2.45) is 0 Å². The highest BCUT2D eigenvalue weighted by molar-refractivity contribution is 5.86. The molecule has 0 spiro atoms. The van der Waals surface area contributed by atoms with Crippen LogP contribution in [0.5, 0.6) is 5.75 Å². The second-order valence-corrected chi connectivity index (χ2v) is 7.34. The SMILES string of the molecule is COC(=O)Cc1nn(-c2ccc(C)cc2)c2c1nnc1c(-c3ccc(OC)cc3)cnn12. The van der Waals surface area contributed by atoms with Crippen LogP contribution >= 0.6 is 0 Å². The first-order valence-electron chi connectivity index (χ1n) is 9.99. The number of aromatic nitrogens is 6. The first kappa shape index (κ1) is 19.7. The molecule has 0 aliphatic carbocycles. The topological polar surface area (TPSA) is 96.4 Å². The number of hydrogen-bond donors (Lipinski definition) is 0. The summed E-state index contributed by atoms with van der Waals surface area (Å²) in [5.74, 6) is 0.366. The third kappa shape index (κ3) is 3.24. The molecule has 5 rings (SSSR count). The fourth-order valence-electron chi connectivity index (χ4n) is 3.60. The van der Waals surface area contributed by atoms with Crippen LogP contribution in [-0.2, 0) is 16.0 Å². The monoisotopic (exact) mass is 428 g/mol. The molecule has 0 aliphatic rings. The Morgan fingerprint density at radius 1 is 1.00 bits per heavy atom. The number of nitrogens with zero attached hydrogens (tertiary/aromatic N) is 6. The van der Waals surface area contributed by atoms with E-state index in [2.05, 4.69) is 20.4 Å². The molecule has 0 amide bonds. The number of fused-ring (bicyclic) bond motifs is 3. The Balaban J connectivity index is 1.75. The molecule has 3 heterocycles. The van der Waals surface area contributed by atoms with E-state index in [-0.39, 0.29) is 6.42 Å². The van der Waals surface area contributed by atoms with Crippen LogP contribution in [0, 0.1) is 6.92 Å². The van der Waals surface area contributed by atoms with Gasteiger partial charge in [-0.05, 0) is 36.8 Å². The first-order chi connectivity index (χ1) is 15.6. The van der Waals surface area contributed by atoms with E-state index in [0.29, 0.717) is 22.5 Å². The van der Waals surface area contributed by atoms with E-state index in [1.807, 2.05) is 55.5 Å². The number of carbonyl (C=O) groups excluding carboxylic acids is 1. The van der Waals surface area contributed by atoms with Gasteiger partial charge in [0.25, 0.3) is 0 Å². The number of benzene rings is 2. The van der Waals surface area contributed by atoms with Crippen molar-refractivity contribution in [3.8, 4) is 22.6 Å². The summed E-state index contributed by atoms with van der Waals surface area (Å²) in [5, 5.41) is 18.1. The normalized spacial score (nSPS) is 11.2. The fourth-order valence-corrected chi connectivity index (χ4v) is 3.60. The molecular weight excluding hydrogens is 408 g/mol. The summed E-state index contributed by atoms with van der Waals surface area (Å²) in [7, 11) is 2.98. The zero-order chi connectivity index (χ0) is 22.2. The molecule has 5 aromatic rings. The summed E-state index contributed by atoms with van der Waals surface area (Å²) < 4.78 is 13.5. The van der Waals surface area contributed by atoms with Crippen molar-refractivity contribution < 1.29 is 14.3 Å². The van der Waals surface area contributed by atoms with Gasteiger partial charge >= 0.3 is 5.97 Å². The zero-order valence-electron chi connectivity index (χ0n) is 17.8. The van der Waals surface area contributed by atoms with Gasteiger partial charge in [0.1, 0.15) is 11.4 Å². The van der Waals surface area contributed by atoms with E-state index < -0.39 is 5.97 Å². The molecule has 0 atom stereocenters. The Kier molecular flexibility index (Phi) is 4.78. The van der Waals surface area contributed by atoms with E-state index in [0.717, 1.165) is 28.1 Å². The van der Waals surface area contributed by atoms with Crippen LogP contribution in [0.4, 0.5) is 0 Å². The van der Waals surface area contributed by atoms with Gasteiger partial charge in [0.05, 0.1) is 32.5 Å². The molecule has 2 aromatic carbocycles. The molecule has 0 bridgehead atoms. The van der Waals surface area contributed by atoms with Crippen molar-refractivity contribution in [3.05, 3.63) is 66.0 Å². The third-order valence-electron chi connectivity index (χ3n) is 5.31. The van der Waals surface area contributed by atoms with Gasteiger partial charge in [-0.15, -0.1) is 10.2 Å². The third-order valence-corrected chi connectivity index (χ3v) is 5.31. The molecule has 3 aromatic heterocycles. The van der Waals surface area contributed by atoms with Gasteiger partial charge in [0.2, 0.25) is 0 Å². The highest BCUT2D eigenvalue weighted by Gasteiger charge is 2.22. The van der Waals surface area contributed by atoms with Crippen molar-refractivity contribution in [1.29, 1.82) is 0 Å². The second-order valence-electron chi connectivity index (χ2n) is 7.34. The maximum atomic E-state index is 12.0. The number of esters is 1. The summed E-state index contributed by atoms with van der Waals surface area (Å²) >= 11 is 0. The summed E-state index contributed by atoms with van der Waals surface area (Å²) in [5.41, 5.74) is 5.89. The maximum Gasteiger partial charge on any atom is 0.311 e. The lowest BCUT2D eigenvalue weighted by atomic mass is 10.1. The molecule has 0 fully saturated rings. The molecule has 9 nitrogen and oxygen atoms in total. The Morgan fingerprint density at radius 3 is 2.44 bits per heavy atom. The molecule has 0 unspecified atom stereocenters. The Labute approximate surface area is 183 Å². The molecule has 0 saturated heterocycles. The Morgan fingerprint density at radius 2 is 1.75 bits per heavy atom. The highest BCUT2D eigenvalue weighted by atomic mass is 16.5. The smallest absolute Gasteiger partial charge is 0.311 e. The lowest BCUT2D eigenvalue weighted by Crippen LogP contribution is -2.06. The quantitative estimate of drug-likeness (QED) is 0.397. The minimum Gasteiger partial charge on any atom is -0.497 e. The van der Waals surface area contributed by atoms with Crippen LogP contribution in [0.15, 0.2) is 54.7 Å². The van der Waals surface area contributed by atoms with E-state index in [1.54, 1.807) is 22.5 Å². The van der Waals surface area contributed by atoms with E-state index in [4.69, 9.17) is 9.47 Å². The minimum absolute atomic E-state index is 0.0152. The van der Waals surface area contributed by atoms with Gasteiger partial charge in [-0.2, -0.15) is 14.7 Å². The van der Waals surface area contributed by atoms with Gasteiger partial charge < -0.3 is 9.47 Å². The molecule has 9 heteroatoms. The fraction of sp³-hybridized carbons (Fsp3) is 0.174. The Bertz CT molecular complexity index is 1440. The average molecular weight is 428 g/mol. The van der Waals surface area contributed by atoms with Crippen molar-refractivity contribution in [1.82, 2.24) is 29.6 Å². The number of hydrogen-bond acceptors (Lipinski definition) is 7. The standard InChI is InChI=1S/C23H20N6O3/c1-14-4-8-16(9-5-14)28-23-21(19(27-28)12-20(30)32-3)25-26-22-18(13-24-29(22)23)15-6-10-17(31-2)11-7-15/h4-11,13H,12H2,1-3H3. The predicted octanol–water partition coefficient (Wildman–Crippen LogP) is 3.16. The molecule has 160 valence electrons. The Hall–Kier alpha value is -4.27. The van der Waals surface area contributed by atoms with Crippen molar-refractivity contribution in [2.45, 2.75) is 13.3 Å². The molecular formula is C23H20N6O3. The van der Waals surface area contributed by atoms with Crippen LogP contribution in [0.1, 0.15) is 11.3 Å². The van der Waals surface area contributed by atoms with Crippen molar-refractivity contribution in [2.75, 3.05) is 14.2 Å².